The van der Waals surface area contributed by atoms with E-state index < -0.39 is 0 Å². The molecule has 4 heteroatoms. The molecular formula is C18H12BrClN2. The molecule has 1 aliphatic rings. The molecule has 0 spiro atoms. The number of nitrogens with zero attached hydrogens (tertiary/aromatic N) is 1. The van der Waals surface area contributed by atoms with Gasteiger partial charge in [-0.2, -0.15) is 0 Å². The van der Waals surface area contributed by atoms with E-state index in [1.165, 1.54) is 0 Å². The minimum Gasteiger partial charge on any atom is -0.351 e. The molecule has 0 saturated heterocycles. The first kappa shape index (κ1) is 13.7. The van der Waals surface area contributed by atoms with E-state index in [-0.39, 0.29) is 0 Å². The Bertz CT molecular complexity index is 849. The Morgan fingerprint density at radius 1 is 0.864 bits per heavy atom. The summed E-state index contributed by atoms with van der Waals surface area (Å²) in [5.74, 6) is 0. The molecule has 0 unspecified atom stereocenters. The van der Waals surface area contributed by atoms with E-state index in [2.05, 4.69) is 56.5 Å². The highest BCUT2D eigenvalue weighted by molar-refractivity contribution is 9.10. The lowest BCUT2D eigenvalue weighted by Crippen LogP contribution is -2.17. The molecule has 0 radical (unpaired) electrons. The lowest BCUT2D eigenvalue weighted by molar-refractivity contribution is 1.25. The average molecular weight is 372 g/mol. The average Bonchev–Trinajstić information content (AvgIpc) is 2.54. The predicted molar refractivity (Wildman–Crippen MR) is 97.1 cm³/mol. The number of nitrogens with one attached hydrogen (secondary N) is 1. The molecule has 2 nitrogen and oxygen atoms in total. The second kappa shape index (κ2) is 5.34. The monoisotopic (exact) mass is 370 g/mol. The van der Waals surface area contributed by atoms with Gasteiger partial charge in [0.05, 0.1) is 27.8 Å². The van der Waals surface area contributed by atoms with Gasteiger partial charge in [-0.25, -0.2) is 0 Å². The predicted octanol–water partition coefficient (Wildman–Crippen LogP) is 6.63. The lowest BCUT2D eigenvalue weighted by Gasteiger charge is -2.34. The number of benzene rings is 3. The molecular weight excluding hydrogens is 360 g/mol. The van der Waals surface area contributed by atoms with Crippen molar-refractivity contribution in [2.24, 2.45) is 0 Å². The number of fused-ring (bicyclic) bond motifs is 2. The molecule has 0 aliphatic carbocycles. The van der Waals surface area contributed by atoms with Crippen LogP contribution in [0.2, 0.25) is 5.02 Å². The zero-order chi connectivity index (χ0) is 15.1. The van der Waals surface area contributed by atoms with Crippen molar-refractivity contribution in [2.75, 3.05) is 10.2 Å². The van der Waals surface area contributed by atoms with Crippen LogP contribution in [0.1, 0.15) is 0 Å². The highest BCUT2D eigenvalue weighted by Crippen LogP contribution is 2.50. The molecule has 0 aromatic heterocycles. The first-order chi connectivity index (χ1) is 10.7. The Morgan fingerprint density at radius 3 is 2.41 bits per heavy atom. The number of hydrogen-bond acceptors (Lipinski definition) is 2. The van der Waals surface area contributed by atoms with Gasteiger partial charge in [-0.1, -0.05) is 57.9 Å². The summed E-state index contributed by atoms with van der Waals surface area (Å²) >= 11 is 9.99. The third-order valence-electron chi connectivity index (χ3n) is 3.69. The molecule has 1 heterocycles. The maximum Gasteiger partial charge on any atom is 0.0819 e. The van der Waals surface area contributed by atoms with E-state index >= 15 is 0 Å². The number of para-hydroxylation sites is 3. The van der Waals surface area contributed by atoms with Crippen LogP contribution >= 0.6 is 27.5 Å². The molecule has 108 valence electrons. The van der Waals surface area contributed by atoms with E-state index in [4.69, 9.17) is 11.6 Å². The van der Waals surface area contributed by atoms with Crippen LogP contribution in [0.3, 0.4) is 0 Å². The number of anilines is 5. The van der Waals surface area contributed by atoms with E-state index in [9.17, 15) is 0 Å². The van der Waals surface area contributed by atoms with E-state index in [0.717, 1.165) is 32.9 Å². The summed E-state index contributed by atoms with van der Waals surface area (Å²) in [7, 11) is 0. The van der Waals surface area contributed by atoms with E-state index in [1.54, 1.807) is 0 Å². The lowest BCUT2D eigenvalue weighted by atomic mass is 10.1. The molecule has 4 rings (SSSR count). The molecule has 22 heavy (non-hydrogen) atoms. The van der Waals surface area contributed by atoms with E-state index in [0.29, 0.717) is 5.02 Å². The van der Waals surface area contributed by atoms with Gasteiger partial charge in [0, 0.05) is 10.2 Å². The molecule has 0 fully saturated rings. The second-order valence-corrected chi connectivity index (χ2v) is 6.42. The summed E-state index contributed by atoms with van der Waals surface area (Å²) in [5, 5.41) is 4.14. The molecule has 1 aliphatic heterocycles. The SMILES string of the molecule is Clc1cc(Br)cc2c1Nc1ccccc1N2c1ccccc1. The number of rotatable bonds is 1. The maximum absolute atomic E-state index is 6.45. The fraction of sp³-hybridized carbons (Fsp3) is 0. The Kier molecular flexibility index (Phi) is 3.32. The van der Waals surface area contributed by atoms with Crippen molar-refractivity contribution in [3.05, 3.63) is 76.2 Å². The summed E-state index contributed by atoms with van der Waals surface area (Å²) in [6, 6.07) is 22.5. The third-order valence-corrected chi connectivity index (χ3v) is 4.45. The van der Waals surface area contributed by atoms with Gasteiger partial charge in [0.2, 0.25) is 0 Å². The van der Waals surface area contributed by atoms with Gasteiger partial charge in [-0.3, -0.25) is 0 Å². The van der Waals surface area contributed by atoms with Crippen molar-refractivity contribution in [1.82, 2.24) is 0 Å². The Hall–Kier alpha value is -1.97. The largest absolute Gasteiger partial charge is 0.351 e. The van der Waals surface area contributed by atoms with Gasteiger partial charge < -0.3 is 10.2 Å². The molecule has 0 bridgehead atoms. The molecule has 0 saturated carbocycles. The van der Waals surface area contributed by atoms with Crippen molar-refractivity contribution in [3.63, 3.8) is 0 Å². The molecule has 1 N–H and O–H groups in total. The van der Waals surface area contributed by atoms with Gasteiger partial charge in [0.15, 0.2) is 0 Å². The van der Waals surface area contributed by atoms with Gasteiger partial charge in [0.1, 0.15) is 0 Å². The standard InChI is InChI=1S/C18H12BrClN2/c19-12-10-14(20)18-17(11-12)22(13-6-2-1-3-7-13)16-9-5-4-8-15(16)21-18/h1-11,21H. The smallest absolute Gasteiger partial charge is 0.0819 e. The summed E-state index contributed by atoms with van der Waals surface area (Å²) in [5.41, 5.74) is 5.21. The summed E-state index contributed by atoms with van der Waals surface area (Å²) in [6.45, 7) is 0. The van der Waals surface area contributed by atoms with Crippen molar-refractivity contribution in [1.29, 1.82) is 0 Å². The van der Waals surface area contributed by atoms with Crippen LogP contribution in [0.5, 0.6) is 0 Å². The summed E-state index contributed by atoms with van der Waals surface area (Å²) < 4.78 is 0.957. The first-order valence-electron chi connectivity index (χ1n) is 6.94. The fourth-order valence-corrected chi connectivity index (χ4v) is 3.59. The fourth-order valence-electron chi connectivity index (χ4n) is 2.75. The van der Waals surface area contributed by atoms with Crippen molar-refractivity contribution in [2.45, 2.75) is 0 Å². The zero-order valence-electron chi connectivity index (χ0n) is 11.6. The highest BCUT2D eigenvalue weighted by Gasteiger charge is 2.25. The van der Waals surface area contributed by atoms with Crippen LogP contribution < -0.4 is 10.2 Å². The van der Waals surface area contributed by atoms with Gasteiger partial charge >= 0.3 is 0 Å². The van der Waals surface area contributed by atoms with Crippen LogP contribution in [0.25, 0.3) is 0 Å². The Morgan fingerprint density at radius 2 is 1.59 bits per heavy atom. The van der Waals surface area contributed by atoms with Crippen LogP contribution in [-0.2, 0) is 0 Å². The van der Waals surface area contributed by atoms with E-state index in [1.807, 2.05) is 36.4 Å². The molecule has 0 amide bonds. The van der Waals surface area contributed by atoms with Gasteiger partial charge in [-0.05, 0) is 36.4 Å². The second-order valence-electron chi connectivity index (χ2n) is 5.09. The minimum absolute atomic E-state index is 0.694. The first-order valence-corrected chi connectivity index (χ1v) is 8.11. The van der Waals surface area contributed by atoms with Gasteiger partial charge in [-0.15, -0.1) is 0 Å². The van der Waals surface area contributed by atoms with Crippen LogP contribution in [0.15, 0.2) is 71.2 Å². The number of halogens is 2. The summed E-state index contributed by atoms with van der Waals surface area (Å²) in [4.78, 5) is 2.22. The van der Waals surface area contributed by atoms with Crippen LogP contribution in [0.4, 0.5) is 28.4 Å². The quantitative estimate of drug-likeness (QED) is 0.404. The Labute approximate surface area is 142 Å². The Balaban J connectivity index is 2.01. The molecule has 0 atom stereocenters. The molecule has 3 aromatic carbocycles. The topological polar surface area (TPSA) is 15.3 Å². The van der Waals surface area contributed by atoms with Crippen LogP contribution in [-0.4, -0.2) is 0 Å². The van der Waals surface area contributed by atoms with Crippen molar-refractivity contribution in [3.8, 4) is 0 Å². The highest BCUT2D eigenvalue weighted by atomic mass is 79.9. The van der Waals surface area contributed by atoms with Gasteiger partial charge in [0.25, 0.3) is 0 Å². The summed E-state index contributed by atoms with van der Waals surface area (Å²) in [6.07, 6.45) is 0. The number of hydrogen-bond donors (Lipinski definition) is 1. The third kappa shape index (κ3) is 2.18. The van der Waals surface area contributed by atoms with Crippen molar-refractivity contribution < 1.29 is 0 Å². The molecule has 3 aromatic rings. The van der Waals surface area contributed by atoms with Crippen molar-refractivity contribution >= 4 is 56.0 Å². The normalized spacial score (nSPS) is 12.4. The minimum atomic E-state index is 0.694. The zero-order valence-corrected chi connectivity index (χ0v) is 13.9. The van der Waals surface area contributed by atoms with Crippen LogP contribution in [0, 0.1) is 0 Å². The maximum atomic E-state index is 6.45.